The first-order chi connectivity index (χ1) is 11.5. The predicted molar refractivity (Wildman–Crippen MR) is 92.4 cm³/mol. The number of fused-ring (bicyclic) bond motifs is 1. The fraction of sp³-hybridized carbons (Fsp3) is 0.111. The number of halogens is 2. The van der Waals surface area contributed by atoms with Gasteiger partial charge in [0.2, 0.25) is 0 Å². The number of ether oxygens (including phenoxy) is 1. The number of aromatic nitrogens is 1. The lowest BCUT2D eigenvalue weighted by Crippen LogP contribution is -2.14. The molecule has 0 aliphatic rings. The monoisotopic (exact) mass is 344 g/mol. The molecule has 0 unspecified atom stereocenters. The van der Waals surface area contributed by atoms with E-state index < -0.39 is 0 Å². The normalized spacial score (nSPS) is 10.7. The minimum absolute atomic E-state index is 0.335. The highest BCUT2D eigenvalue weighted by atomic mass is 35.5. The lowest BCUT2D eigenvalue weighted by atomic mass is 10.1. The van der Waals surface area contributed by atoms with Gasteiger partial charge in [-0.1, -0.05) is 11.6 Å². The van der Waals surface area contributed by atoms with Crippen LogP contribution in [0.2, 0.25) is 5.02 Å². The minimum Gasteiger partial charge on any atom is -0.497 e. The van der Waals surface area contributed by atoms with Crippen LogP contribution in [0.1, 0.15) is 16.1 Å². The second-order valence-corrected chi connectivity index (χ2v) is 5.67. The van der Waals surface area contributed by atoms with E-state index in [1.807, 2.05) is 0 Å². The van der Waals surface area contributed by atoms with E-state index in [9.17, 15) is 9.18 Å². The lowest BCUT2D eigenvalue weighted by Gasteiger charge is -2.11. The van der Waals surface area contributed by atoms with Gasteiger partial charge in [-0.3, -0.25) is 9.78 Å². The van der Waals surface area contributed by atoms with Crippen LogP contribution in [0.4, 0.5) is 10.1 Å². The van der Waals surface area contributed by atoms with Crippen LogP contribution in [0.25, 0.3) is 10.9 Å². The fourth-order valence-corrected chi connectivity index (χ4v) is 2.60. The van der Waals surface area contributed by atoms with Gasteiger partial charge in [-0.25, -0.2) is 4.39 Å². The molecule has 0 aliphatic heterocycles. The van der Waals surface area contributed by atoms with Gasteiger partial charge in [0.05, 0.1) is 34.6 Å². The highest BCUT2D eigenvalue weighted by Crippen LogP contribution is 2.27. The number of hydrogen-bond acceptors (Lipinski definition) is 3. The standard InChI is InChI=1S/C18H14ClFN2O2/c1-10-14(7-11-3-4-12(20)8-17(11)21-10)18(23)22-16-6-5-13(24-2)9-15(16)19/h3-9H,1-2H3,(H,22,23). The number of nitrogens with zero attached hydrogens (tertiary/aromatic N) is 1. The summed E-state index contributed by atoms with van der Waals surface area (Å²) in [7, 11) is 1.54. The number of methoxy groups -OCH3 is 1. The van der Waals surface area contributed by atoms with Gasteiger partial charge in [-0.05, 0) is 37.3 Å². The van der Waals surface area contributed by atoms with Crippen LogP contribution >= 0.6 is 11.6 Å². The number of hydrogen-bond donors (Lipinski definition) is 1. The molecule has 122 valence electrons. The summed E-state index contributed by atoms with van der Waals surface area (Å²) in [4.78, 5) is 16.8. The van der Waals surface area contributed by atoms with Crippen LogP contribution < -0.4 is 10.1 Å². The molecular weight excluding hydrogens is 331 g/mol. The minimum atomic E-state index is -0.364. The van der Waals surface area contributed by atoms with Crippen LogP contribution in [0.3, 0.4) is 0 Å². The Bertz CT molecular complexity index is 944. The van der Waals surface area contributed by atoms with Gasteiger partial charge < -0.3 is 10.1 Å². The first-order valence-corrected chi connectivity index (χ1v) is 7.57. The zero-order valence-electron chi connectivity index (χ0n) is 13.1. The second-order valence-electron chi connectivity index (χ2n) is 5.26. The predicted octanol–water partition coefficient (Wildman–Crippen LogP) is 4.60. The zero-order chi connectivity index (χ0) is 17.3. The SMILES string of the molecule is COc1ccc(NC(=O)c2cc3ccc(F)cc3nc2C)c(Cl)c1. The average molecular weight is 345 g/mol. The van der Waals surface area contributed by atoms with Crippen molar-refractivity contribution in [2.24, 2.45) is 0 Å². The maximum Gasteiger partial charge on any atom is 0.257 e. The Labute approximate surface area is 143 Å². The van der Waals surface area contributed by atoms with Gasteiger partial charge in [0.15, 0.2) is 0 Å². The number of pyridine rings is 1. The molecule has 2 aromatic carbocycles. The number of aryl methyl sites for hydroxylation is 1. The van der Waals surface area contributed by atoms with Gasteiger partial charge in [-0.2, -0.15) is 0 Å². The van der Waals surface area contributed by atoms with E-state index >= 15 is 0 Å². The maximum absolute atomic E-state index is 13.3. The Kier molecular flexibility index (Phi) is 4.36. The summed E-state index contributed by atoms with van der Waals surface area (Å²) in [6.07, 6.45) is 0. The van der Waals surface area contributed by atoms with Crippen molar-refractivity contribution in [2.45, 2.75) is 6.92 Å². The molecule has 0 radical (unpaired) electrons. The van der Waals surface area contributed by atoms with Crippen LogP contribution in [-0.2, 0) is 0 Å². The number of nitrogens with one attached hydrogen (secondary N) is 1. The van der Waals surface area contributed by atoms with Crippen LogP contribution in [0, 0.1) is 12.7 Å². The molecule has 1 N–H and O–H groups in total. The third-order valence-electron chi connectivity index (χ3n) is 3.64. The number of carbonyl (C=O) groups excluding carboxylic acids is 1. The molecule has 1 heterocycles. The molecule has 4 nitrogen and oxygen atoms in total. The average Bonchev–Trinajstić information content (AvgIpc) is 2.55. The molecule has 3 aromatic rings. The van der Waals surface area contributed by atoms with E-state index in [1.165, 1.54) is 19.2 Å². The number of anilines is 1. The molecule has 6 heteroatoms. The molecule has 0 saturated carbocycles. The zero-order valence-corrected chi connectivity index (χ0v) is 13.8. The van der Waals surface area contributed by atoms with E-state index in [2.05, 4.69) is 10.3 Å². The van der Waals surface area contributed by atoms with Gasteiger partial charge in [-0.15, -0.1) is 0 Å². The summed E-state index contributed by atoms with van der Waals surface area (Å²) >= 11 is 6.14. The molecule has 0 aliphatic carbocycles. The number of rotatable bonds is 3. The first kappa shape index (κ1) is 16.2. The summed E-state index contributed by atoms with van der Waals surface area (Å²) in [6, 6.07) is 10.9. The van der Waals surface area contributed by atoms with Gasteiger partial charge in [0.25, 0.3) is 5.91 Å². The third-order valence-corrected chi connectivity index (χ3v) is 3.95. The lowest BCUT2D eigenvalue weighted by molar-refractivity contribution is 0.102. The molecule has 0 saturated heterocycles. The van der Waals surface area contributed by atoms with E-state index in [0.717, 1.165) is 0 Å². The molecule has 24 heavy (non-hydrogen) atoms. The van der Waals surface area contributed by atoms with Gasteiger partial charge in [0.1, 0.15) is 11.6 Å². The Morgan fingerprint density at radius 1 is 1.21 bits per heavy atom. The van der Waals surface area contributed by atoms with E-state index in [-0.39, 0.29) is 11.7 Å². The highest BCUT2D eigenvalue weighted by Gasteiger charge is 2.14. The van der Waals surface area contributed by atoms with E-state index in [4.69, 9.17) is 16.3 Å². The molecule has 0 bridgehead atoms. The molecule has 0 atom stereocenters. The summed E-state index contributed by atoms with van der Waals surface area (Å²) < 4.78 is 18.4. The largest absolute Gasteiger partial charge is 0.497 e. The fourth-order valence-electron chi connectivity index (χ4n) is 2.38. The van der Waals surface area contributed by atoms with Crippen LogP contribution in [0.5, 0.6) is 5.75 Å². The molecular formula is C18H14ClFN2O2. The summed E-state index contributed by atoms with van der Waals surface area (Å²) in [6.45, 7) is 1.70. The Balaban J connectivity index is 1.94. The van der Waals surface area contributed by atoms with Crippen molar-refractivity contribution >= 4 is 34.1 Å². The van der Waals surface area contributed by atoms with Crippen molar-refractivity contribution in [3.05, 3.63) is 64.6 Å². The van der Waals surface area contributed by atoms with Crippen LogP contribution in [0.15, 0.2) is 42.5 Å². The third kappa shape index (κ3) is 3.16. The number of carbonyl (C=O) groups is 1. The second kappa shape index (κ2) is 6.45. The topological polar surface area (TPSA) is 51.2 Å². The Hall–Kier alpha value is -2.66. The Morgan fingerprint density at radius 2 is 2.00 bits per heavy atom. The van der Waals surface area contributed by atoms with Crippen LogP contribution in [-0.4, -0.2) is 18.0 Å². The molecule has 0 spiro atoms. The number of benzene rings is 2. The van der Waals surface area contributed by atoms with Crippen molar-refractivity contribution < 1.29 is 13.9 Å². The van der Waals surface area contributed by atoms with Crippen molar-refractivity contribution in [1.82, 2.24) is 4.98 Å². The molecule has 1 aromatic heterocycles. The van der Waals surface area contributed by atoms with Gasteiger partial charge >= 0.3 is 0 Å². The molecule has 3 rings (SSSR count). The quantitative estimate of drug-likeness (QED) is 0.755. The Morgan fingerprint density at radius 3 is 2.71 bits per heavy atom. The highest BCUT2D eigenvalue weighted by molar-refractivity contribution is 6.34. The summed E-state index contributed by atoms with van der Waals surface area (Å²) in [5.41, 5.74) is 1.89. The number of amides is 1. The van der Waals surface area contributed by atoms with Crippen molar-refractivity contribution in [1.29, 1.82) is 0 Å². The molecule has 1 amide bonds. The summed E-state index contributed by atoms with van der Waals surface area (Å²) in [5.74, 6) is -0.0986. The van der Waals surface area contributed by atoms with Crippen molar-refractivity contribution in [3.8, 4) is 5.75 Å². The smallest absolute Gasteiger partial charge is 0.257 e. The van der Waals surface area contributed by atoms with Crippen molar-refractivity contribution in [2.75, 3.05) is 12.4 Å². The first-order valence-electron chi connectivity index (χ1n) is 7.20. The van der Waals surface area contributed by atoms with E-state index in [1.54, 1.807) is 37.3 Å². The maximum atomic E-state index is 13.3. The van der Waals surface area contributed by atoms with Gasteiger partial charge in [0, 0.05) is 17.5 Å². The molecule has 0 fully saturated rings. The van der Waals surface area contributed by atoms with E-state index in [0.29, 0.717) is 38.6 Å². The van der Waals surface area contributed by atoms with Crippen molar-refractivity contribution in [3.63, 3.8) is 0 Å². The summed E-state index contributed by atoms with van der Waals surface area (Å²) in [5, 5.41) is 3.81.